The number of carbonyl (C=O) groups is 1. The first kappa shape index (κ1) is 20.2. The second-order valence-corrected chi connectivity index (χ2v) is 7.08. The molecule has 2 aliphatic rings. The molecular weight excluding hydrogens is 364 g/mol. The maximum absolute atomic E-state index is 12.7. The molecule has 1 aromatic carbocycles. The molecule has 25 heavy (non-hydrogen) atoms. The van der Waals surface area contributed by atoms with Gasteiger partial charge in [0.25, 0.3) is 0 Å². The van der Waals surface area contributed by atoms with Gasteiger partial charge in [-0.1, -0.05) is 6.07 Å². The molecule has 2 heterocycles. The van der Waals surface area contributed by atoms with Crippen molar-refractivity contribution in [2.75, 3.05) is 45.1 Å². The number of hydrogen-bond donors (Lipinski definition) is 1. The summed E-state index contributed by atoms with van der Waals surface area (Å²) in [4.78, 5) is 14.6. The van der Waals surface area contributed by atoms with E-state index in [4.69, 9.17) is 14.2 Å². The molecule has 1 unspecified atom stereocenters. The van der Waals surface area contributed by atoms with Crippen LogP contribution in [0.25, 0.3) is 0 Å². The minimum Gasteiger partial charge on any atom is -0.454 e. The SMILES string of the molecule is COCCN(Cc1ccc2c(c1)OCO2)C(=O)CC1CSCCN1.Cl. The van der Waals surface area contributed by atoms with Gasteiger partial charge in [0.15, 0.2) is 11.5 Å². The Morgan fingerprint density at radius 1 is 1.40 bits per heavy atom. The molecule has 0 bridgehead atoms. The lowest BCUT2D eigenvalue weighted by Crippen LogP contribution is -2.43. The third-order valence-electron chi connectivity index (χ3n) is 4.15. The maximum Gasteiger partial charge on any atom is 0.231 e. The van der Waals surface area contributed by atoms with Gasteiger partial charge in [0.2, 0.25) is 12.7 Å². The normalized spacial score (nSPS) is 18.5. The van der Waals surface area contributed by atoms with Crippen LogP contribution in [0.4, 0.5) is 0 Å². The number of ether oxygens (including phenoxy) is 3. The summed E-state index contributed by atoms with van der Waals surface area (Å²) in [7, 11) is 1.66. The number of hydrogen-bond acceptors (Lipinski definition) is 6. The van der Waals surface area contributed by atoms with Crippen molar-refractivity contribution in [2.45, 2.75) is 19.0 Å². The number of amides is 1. The molecule has 2 aliphatic heterocycles. The van der Waals surface area contributed by atoms with E-state index >= 15 is 0 Å². The van der Waals surface area contributed by atoms with E-state index in [1.54, 1.807) is 7.11 Å². The standard InChI is InChI=1S/C17H24N2O4S.ClH/c1-21-6-5-19(17(20)9-14-11-24-7-4-18-14)10-13-2-3-15-16(8-13)23-12-22-15;/h2-3,8,14,18H,4-7,9-12H2,1H3;1H. The van der Waals surface area contributed by atoms with Crippen molar-refractivity contribution in [2.24, 2.45) is 0 Å². The molecule has 1 amide bonds. The summed E-state index contributed by atoms with van der Waals surface area (Å²) in [5.41, 5.74) is 1.04. The van der Waals surface area contributed by atoms with Crippen LogP contribution in [0.1, 0.15) is 12.0 Å². The van der Waals surface area contributed by atoms with E-state index in [9.17, 15) is 4.79 Å². The summed E-state index contributed by atoms with van der Waals surface area (Å²) >= 11 is 1.90. The molecule has 0 saturated carbocycles. The van der Waals surface area contributed by atoms with Crippen LogP contribution in [0.5, 0.6) is 11.5 Å². The Hall–Kier alpha value is -1.15. The molecule has 140 valence electrons. The fraction of sp³-hybridized carbons (Fsp3) is 0.588. The lowest BCUT2D eigenvalue weighted by molar-refractivity contribution is -0.132. The fourth-order valence-electron chi connectivity index (χ4n) is 2.84. The average molecular weight is 389 g/mol. The van der Waals surface area contributed by atoms with Crippen molar-refractivity contribution < 1.29 is 19.0 Å². The average Bonchev–Trinajstić information content (AvgIpc) is 3.07. The number of benzene rings is 1. The van der Waals surface area contributed by atoms with Crippen LogP contribution in [0, 0.1) is 0 Å². The number of halogens is 1. The van der Waals surface area contributed by atoms with E-state index < -0.39 is 0 Å². The Bertz CT molecular complexity index is 570. The summed E-state index contributed by atoms with van der Waals surface area (Å²) in [6.07, 6.45) is 0.529. The van der Waals surface area contributed by atoms with Crippen molar-refractivity contribution >= 4 is 30.1 Å². The van der Waals surface area contributed by atoms with Crippen LogP contribution in [0.15, 0.2) is 18.2 Å². The zero-order chi connectivity index (χ0) is 16.8. The predicted molar refractivity (Wildman–Crippen MR) is 101 cm³/mol. The van der Waals surface area contributed by atoms with E-state index in [1.165, 1.54) is 0 Å². The summed E-state index contributed by atoms with van der Waals surface area (Å²) in [6, 6.07) is 6.09. The van der Waals surface area contributed by atoms with Crippen molar-refractivity contribution in [1.29, 1.82) is 0 Å². The van der Waals surface area contributed by atoms with Gasteiger partial charge in [0.1, 0.15) is 0 Å². The van der Waals surface area contributed by atoms with Gasteiger partial charge in [0, 0.05) is 50.7 Å². The first-order valence-electron chi connectivity index (χ1n) is 8.22. The van der Waals surface area contributed by atoms with Crippen molar-refractivity contribution in [3.63, 3.8) is 0 Å². The molecule has 1 aromatic rings. The van der Waals surface area contributed by atoms with Gasteiger partial charge in [-0.25, -0.2) is 0 Å². The van der Waals surface area contributed by atoms with Crippen LogP contribution < -0.4 is 14.8 Å². The first-order chi connectivity index (χ1) is 11.8. The summed E-state index contributed by atoms with van der Waals surface area (Å²) in [5.74, 6) is 3.78. The molecule has 1 N–H and O–H groups in total. The third kappa shape index (κ3) is 5.67. The van der Waals surface area contributed by atoms with E-state index in [-0.39, 0.29) is 31.1 Å². The third-order valence-corrected chi connectivity index (χ3v) is 5.28. The van der Waals surface area contributed by atoms with Gasteiger partial charge in [-0.15, -0.1) is 12.4 Å². The van der Waals surface area contributed by atoms with E-state index in [0.29, 0.717) is 26.1 Å². The summed E-state index contributed by atoms with van der Waals surface area (Å²) in [6.45, 7) is 2.91. The van der Waals surface area contributed by atoms with Gasteiger partial charge in [0.05, 0.1) is 6.61 Å². The Balaban J connectivity index is 0.00000225. The first-order valence-corrected chi connectivity index (χ1v) is 9.38. The summed E-state index contributed by atoms with van der Waals surface area (Å²) in [5, 5.41) is 3.42. The smallest absolute Gasteiger partial charge is 0.231 e. The topological polar surface area (TPSA) is 60.0 Å². The molecule has 0 aliphatic carbocycles. The van der Waals surface area contributed by atoms with Gasteiger partial charge in [-0.3, -0.25) is 4.79 Å². The zero-order valence-corrected chi connectivity index (χ0v) is 16.0. The lowest BCUT2D eigenvalue weighted by Gasteiger charge is -2.27. The van der Waals surface area contributed by atoms with Gasteiger partial charge in [-0.05, 0) is 17.7 Å². The highest BCUT2D eigenvalue weighted by Crippen LogP contribution is 2.32. The number of thioether (sulfide) groups is 1. The number of nitrogens with one attached hydrogen (secondary N) is 1. The number of methoxy groups -OCH3 is 1. The zero-order valence-electron chi connectivity index (χ0n) is 14.4. The maximum atomic E-state index is 12.7. The fourth-order valence-corrected chi connectivity index (χ4v) is 3.79. The molecule has 8 heteroatoms. The number of nitrogens with zero attached hydrogens (tertiary/aromatic N) is 1. The molecule has 0 spiro atoms. The Morgan fingerprint density at radius 3 is 3.00 bits per heavy atom. The molecule has 0 aromatic heterocycles. The monoisotopic (exact) mass is 388 g/mol. The van der Waals surface area contributed by atoms with Crippen molar-refractivity contribution in [1.82, 2.24) is 10.2 Å². The minimum atomic E-state index is 0. The molecular formula is C17H25ClN2O4S. The number of fused-ring (bicyclic) bond motifs is 1. The van der Waals surface area contributed by atoms with Crippen molar-refractivity contribution in [3.05, 3.63) is 23.8 Å². The highest BCUT2D eigenvalue weighted by atomic mass is 35.5. The summed E-state index contributed by atoms with van der Waals surface area (Å²) < 4.78 is 15.9. The van der Waals surface area contributed by atoms with E-state index in [0.717, 1.165) is 35.1 Å². The second kappa shape index (κ2) is 10.1. The number of rotatable bonds is 7. The van der Waals surface area contributed by atoms with Crippen LogP contribution in [-0.2, 0) is 16.1 Å². The van der Waals surface area contributed by atoms with Crippen LogP contribution in [0.3, 0.4) is 0 Å². The Labute approximate surface area is 159 Å². The molecule has 1 saturated heterocycles. The minimum absolute atomic E-state index is 0. The predicted octanol–water partition coefficient (Wildman–Crippen LogP) is 1.91. The Kier molecular flexibility index (Phi) is 8.15. The highest BCUT2D eigenvalue weighted by Gasteiger charge is 2.22. The van der Waals surface area contributed by atoms with Crippen molar-refractivity contribution in [3.8, 4) is 11.5 Å². The van der Waals surface area contributed by atoms with Crippen LogP contribution in [-0.4, -0.2) is 62.0 Å². The quantitative estimate of drug-likeness (QED) is 0.770. The molecule has 1 atom stereocenters. The molecule has 1 fully saturated rings. The van der Waals surface area contributed by atoms with Crippen LogP contribution in [0.2, 0.25) is 0 Å². The van der Waals surface area contributed by atoms with Crippen LogP contribution >= 0.6 is 24.2 Å². The van der Waals surface area contributed by atoms with Gasteiger partial charge in [-0.2, -0.15) is 11.8 Å². The van der Waals surface area contributed by atoms with Gasteiger partial charge < -0.3 is 24.4 Å². The molecule has 0 radical (unpaired) electrons. The number of carbonyl (C=O) groups excluding carboxylic acids is 1. The second-order valence-electron chi connectivity index (χ2n) is 5.93. The molecule has 3 rings (SSSR count). The lowest BCUT2D eigenvalue weighted by atomic mass is 10.1. The largest absolute Gasteiger partial charge is 0.454 e. The highest BCUT2D eigenvalue weighted by molar-refractivity contribution is 7.99. The Morgan fingerprint density at radius 2 is 2.24 bits per heavy atom. The van der Waals surface area contributed by atoms with Gasteiger partial charge >= 0.3 is 0 Å². The molecule has 6 nitrogen and oxygen atoms in total. The van der Waals surface area contributed by atoms with E-state index in [2.05, 4.69) is 5.32 Å². The van der Waals surface area contributed by atoms with E-state index in [1.807, 2.05) is 34.9 Å².